The summed E-state index contributed by atoms with van der Waals surface area (Å²) in [6.07, 6.45) is 10.2. The smallest absolute Gasteiger partial charge is 0.274 e. The molecule has 0 radical (unpaired) electrons. The third kappa shape index (κ3) is 3.50. The Morgan fingerprint density at radius 1 is 1.26 bits per heavy atom. The predicted octanol–water partition coefficient (Wildman–Crippen LogP) is 3.48. The lowest BCUT2D eigenvalue weighted by Crippen LogP contribution is -2.26. The van der Waals surface area contributed by atoms with Crippen molar-refractivity contribution in [2.24, 2.45) is 0 Å². The zero-order valence-corrected chi connectivity index (χ0v) is 19.7. The van der Waals surface area contributed by atoms with Crippen molar-refractivity contribution in [1.29, 1.82) is 0 Å². The van der Waals surface area contributed by atoms with Gasteiger partial charge in [0.2, 0.25) is 11.7 Å². The minimum Gasteiger partial charge on any atom is -0.474 e. The van der Waals surface area contributed by atoms with Crippen LogP contribution in [-0.2, 0) is 10.2 Å². The molecule has 1 saturated heterocycles. The van der Waals surface area contributed by atoms with Crippen molar-refractivity contribution >= 4 is 17.4 Å². The van der Waals surface area contributed by atoms with Gasteiger partial charge in [-0.2, -0.15) is 4.98 Å². The maximum atomic E-state index is 13.3. The number of fused-ring (bicyclic) bond motifs is 3. The van der Waals surface area contributed by atoms with Crippen LogP contribution < -0.4 is 15.6 Å². The van der Waals surface area contributed by atoms with Gasteiger partial charge in [-0.05, 0) is 65.0 Å². The lowest BCUT2D eigenvalue weighted by atomic mass is 9.84. The second-order valence-electron chi connectivity index (χ2n) is 10.5. The Morgan fingerprint density at radius 3 is 2.74 bits per heavy atom. The number of hydrogen-bond acceptors (Lipinski definition) is 6. The summed E-state index contributed by atoms with van der Waals surface area (Å²) < 4.78 is 15.4. The van der Waals surface area contributed by atoms with Gasteiger partial charge in [0.05, 0.1) is 24.0 Å². The van der Waals surface area contributed by atoms with E-state index in [0.717, 1.165) is 37.8 Å². The zero-order chi connectivity index (χ0) is 23.7. The first-order valence-corrected chi connectivity index (χ1v) is 12.0. The number of carbonyl (C=O) groups is 1. The molecule has 9 heteroatoms. The molecule has 0 spiro atoms. The molecule has 1 N–H and O–H groups in total. The van der Waals surface area contributed by atoms with Crippen LogP contribution in [0, 0.1) is 0 Å². The highest BCUT2D eigenvalue weighted by atomic mass is 16.5. The molecule has 6 rings (SSSR count). The van der Waals surface area contributed by atoms with Gasteiger partial charge in [-0.3, -0.25) is 14.0 Å². The fourth-order valence-electron chi connectivity index (χ4n) is 5.31. The van der Waals surface area contributed by atoms with E-state index in [0.29, 0.717) is 12.4 Å². The highest BCUT2D eigenvalue weighted by molar-refractivity contribution is 6.05. The van der Waals surface area contributed by atoms with Crippen LogP contribution in [0.5, 0.6) is 5.88 Å². The molecule has 3 aromatic heterocycles. The van der Waals surface area contributed by atoms with Gasteiger partial charge in [0.25, 0.3) is 11.5 Å². The standard InChI is InChI=1S/C25H29N5O4/c1-15(2)34-21-17(20(31)26-18-5-4-10-30(22(18)32)16-6-7-16)11-29-12-19(27-23(29)28-21)25-9-8-24(3,13-25)33-14-25/h4-5,10-12,15-16H,6-9,13-14H2,1-3H3,(H,26,31)/t24-,25-/m1/s1. The van der Waals surface area contributed by atoms with Crippen LogP contribution in [-0.4, -0.2) is 43.2 Å². The molecule has 4 heterocycles. The monoisotopic (exact) mass is 463 g/mol. The average molecular weight is 464 g/mol. The van der Waals surface area contributed by atoms with Gasteiger partial charge in [-0.1, -0.05) is 0 Å². The summed E-state index contributed by atoms with van der Waals surface area (Å²) in [6, 6.07) is 3.63. The van der Waals surface area contributed by atoms with Crippen molar-refractivity contribution in [2.75, 3.05) is 11.9 Å². The van der Waals surface area contributed by atoms with Gasteiger partial charge in [-0.25, -0.2) is 4.98 Å². The van der Waals surface area contributed by atoms with Crippen molar-refractivity contribution in [1.82, 2.24) is 18.9 Å². The summed E-state index contributed by atoms with van der Waals surface area (Å²) in [5.74, 6) is 0.238. The van der Waals surface area contributed by atoms with E-state index in [1.165, 1.54) is 0 Å². The molecule has 34 heavy (non-hydrogen) atoms. The average Bonchev–Trinajstić information content (AvgIpc) is 3.32. The maximum Gasteiger partial charge on any atom is 0.274 e. The summed E-state index contributed by atoms with van der Waals surface area (Å²) >= 11 is 0. The van der Waals surface area contributed by atoms with Gasteiger partial charge in [0.1, 0.15) is 11.3 Å². The third-order valence-corrected chi connectivity index (χ3v) is 7.25. The Balaban J connectivity index is 1.37. The van der Waals surface area contributed by atoms with E-state index >= 15 is 0 Å². The highest BCUT2D eigenvalue weighted by Crippen LogP contribution is 2.53. The number of amides is 1. The number of ether oxygens (including phenoxy) is 2. The molecule has 0 unspecified atom stereocenters. The zero-order valence-electron chi connectivity index (χ0n) is 19.7. The molecule has 178 valence electrons. The second-order valence-corrected chi connectivity index (χ2v) is 10.5. The number of imidazole rings is 1. The van der Waals surface area contributed by atoms with Gasteiger partial charge in [0, 0.05) is 30.0 Å². The van der Waals surface area contributed by atoms with E-state index in [2.05, 4.69) is 17.2 Å². The summed E-state index contributed by atoms with van der Waals surface area (Å²) in [4.78, 5) is 35.5. The molecule has 2 saturated carbocycles. The molecule has 3 aromatic rings. The molecule has 2 aliphatic carbocycles. The van der Waals surface area contributed by atoms with Crippen molar-refractivity contribution in [3.63, 3.8) is 0 Å². The number of carbonyl (C=O) groups excluding carboxylic acids is 1. The molecule has 0 aromatic carbocycles. The summed E-state index contributed by atoms with van der Waals surface area (Å²) in [5.41, 5.74) is 1.04. The molecule has 2 atom stereocenters. The normalized spacial score (nSPS) is 25.9. The van der Waals surface area contributed by atoms with Gasteiger partial charge in [0.15, 0.2) is 0 Å². The summed E-state index contributed by atoms with van der Waals surface area (Å²) in [6.45, 7) is 6.57. The lowest BCUT2D eigenvalue weighted by Gasteiger charge is -2.24. The van der Waals surface area contributed by atoms with Crippen molar-refractivity contribution in [3.05, 3.63) is 52.3 Å². The minimum absolute atomic E-state index is 0.0801. The number of anilines is 1. The Hall–Kier alpha value is -3.20. The fraction of sp³-hybridized carbons (Fsp3) is 0.520. The Morgan fingerprint density at radius 2 is 2.09 bits per heavy atom. The van der Waals surface area contributed by atoms with E-state index in [1.807, 2.05) is 20.0 Å². The Labute approximate surface area is 197 Å². The van der Waals surface area contributed by atoms with E-state index in [-0.39, 0.29) is 45.9 Å². The third-order valence-electron chi connectivity index (χ3n) is 7.25. The molecule has 1 aliphatic heterocycles. The van der Waals surface area contributed by atoms with E-state index < -0.39 is 5.91 Å². The SMILES string of the molecule is CC(C)Oc1nc2nc([C@]34CC[C@](C)(C3)OC4)cn2cc1C(=O)Nc1cccn(C2CC2)c1=O. The van der Waals surface area contributed by atoms with Crippen LogP contribution in [0.25, 0.3) is 5.78 Å². The molecule has 3 fully saturated rings. The van der Waals surface area contributed by atoms with Gasteiger partial charge >= 0.3 is 0 Å². The summed E-state index contributed by atoms with van der Waals surface area (Å²) in [5, 5.41) is 2.77. The van der Waals surface area contributed by atoms with Crippen LogP contribution in [0.4, 0.5) is 5.69 Å². The number of nitrogens with zero attached hydrogens (tertiary/aromatic N) is 4. The first-order valence-electron chi connectivity index (χ1n) is 12.0. The fourth-order valence-corrected chi connectivity index (χ4v) is 5.31. The number of pyridine rings is 1. The number of hydrogen-bond donors (Lipinski definition) is 1. The highest BCUT2D eigenvalue weighted by Gasteiger charge is 2.55. The van der Waals surface area contributed by atoms with E-state index in [9.17, 15) is 9.59 Å². The molecule has 1 amide bonds. The first kappa shape index (κ1) is 21.3. The second kappa shape index (κ2) is 7.40. The number of nitrogens with one attached hydrogen (secondary N) is 1. The van der Waals surface area contributed by atoms with Crippen molar-refractivity contribution < 1.29 is 14.3 Å². The molecular formula is C25H29N5O4. The first-order chi connectivity index (χ1) is 16.3. The topological polar surface area (TPSA) is 99.8 Å². The largest absolute Gasteiger partial charge is 0.474 e. The summed E-state index contributed by atoms with van der Waals surface area (Å²) in [7, 11) is 0. The maximum absolute atomic E-state index is 13.3. The van der Waals surface area contributed by atoms with E-state index in [4.69, 9.17) is 14.5 Å². The van der Waals surface area contributed by atoms with Crippen LogP contribution in [0.2, 0.25) is 0 Å². The number of rotatable bonds is 6. The van der Waals surface area contributed by atoms with Crippen LogP contribution in [0.1, 0.15) is 75.0 Å². The molecule has 2 bridgehead atoms. The molecular weight excluding hydrogens is 434 g/mol. The molecule has 9 nitrogen and oxygen atoms in total. The van der Waals surface area contributed by atoms with Crippen molar-refractivity contribution in [3.8, 4) is 5.88 Å². The quantitative estimate of drug-likeness (QED) is 0.601. The van der Waals surface area contributed by atoms with Crippen LogP contribution >= 0.6 is 0 Å². The van der Waals surface area contributed by atoms with Gasteiger partial charge < -0.3 is 19.4 Å². The lowest BCUT2D eigenvalue weighted by molar-refractivity contribution is -0.00627. The number of aromatic nitrogens is 4. The van der Waals surface area contributed by atoms with Gasteiger partial charge in [-0.15, -0.1) is 0 Å². The Kier molecular flexibility index (Phi) is 4.64. The van der Waals surface area contributed by atoms with Crippen LogP contribution in [0.15, 0.2) is 35.5 Å². The minimum atomic E-state index is -0.443. The molecule has 3 aliphatic rings. The van der Waals surface area contributed by atoms with Crippen LogP contribution in [0.3, 0.4) is 0 Å². The van der Waals surface area contributed by atoms with E-state index in [1.54, 1.807) is 33.5 Å². The van der Waals surface area contributed by atoms with Crippen molar-refractivity contribution in [2.45, 2.75) is 76.0 Å². The predicted molar refractivity (Wildman–Crippen MR) is 126 cm³/mol. The Bertz CT molecular complexity index is 1350.